The lowest BCUT2D eigenvalue weighted by Crippen LogP contribution is -1.96. The van der Waals surface area contributed by atoms with Crippen molar-refractivity contribution in [3.63, 3.8) is 0 Å². The molecule has 0 heterocycles. The van der Waals surface area contributed by atoms with E-state index in [2.05, 4.69) is 15.9 Å². The summed E-state index contributed by atoms with van der Waals surface area (Å²) in [7, 11) is 0. The largest absolute Gasteiger partial charge is 0.478 e. The first-order chi connectivity index (χ1) is 9.11. The third kappa shape index (κ3) is 2.92. The topological polar surface area (TPSA) is 70.3 Å². The number of para-hydroxylation sites is 1. The Kier molecular flexibility index (Phi) is 3.83. The van der Waals surface area contributed by atoms with Crippen LogP contribution in [0.4, 0.5) is 0 Å². The molecule has 0 radical (unpaired) electrons. The van der Waals surface area contributed by atoms with E-state index in [0.717, 1.165) is 0 Å². The number of rotatable bonds is 3. The SMILES string of the molecule is N#Cc1ccccc1Oc1ccc(C(=O)O)cc1Br. The predicted molar refractivity (Wildman–Crippen MR) is 72.3 cm³/mol. The molecule has 94 valence electrons. The van der Waals surface area contributed by atoms with E-state index in [0.29, 0.717) is 21.5 Å². The van der Waals surface area contributed by atoms with E-state index in [-0.39, 0.29) is 5.56 Å². The molecular formula is C14H8BrNO3. The summed E-state index contributed by atoms with van der Waals surface area (Å²) >= 11 is 3.25. The molecule has 0 aliphatic carbocycles. The Labute approximate surface area is 118 Å². The molecule has 5 heteroatoms. The number of ether oxygens (including phenoxy) is 1. The number of aromatic carboxylic acids is 1. The van der Waals surface area contributed by atoms with Crippen molar-refractivity contribution in [2.75, 3.05) is 0 Å². The maximum atomic E-state index is 10.8. The molecular weight excluding hydrogens is 310 g/mol. The summed E-state index contributed by atoms with van der Waals surface area (Å²) in [5.41, 5.74) is 0.574. The molecule has 2 rings (SSSR count). The molecule has 19 heavy (non-hydrogen) atoms. The monoisotopic (exact) mass is 317 g/mol. The highest BCUT2D eigenvalue weighted by molar-refractivity contribution is 9.10. The summed E-state index contributed by atoms with van der Waals surface area (Å²) in [6.45, 7) is 0. The van der Waals surface area contributed by atoms with E-state index < -0.39 is 5.97 Å². The van der Waals surface area contributed by atoms with Gasteiger partial charge in [0.2, 0.25) is 0 Å². The third-order valence-corrected chi connectivity index (χ3v) is 3.03. The number of carboxylic acid groups (broad SMARTS) is 1. The minimum absolute atomic E-state index is 0.160. The van der Waals surface area contributed by atoms with Gasteiger partial charge in [-0.05, 0) is 46.3 Å². The fourth-order valence-electron chi connectivity index (χ4n) is 1.48. The van der Waals surface area contributed by atoms with Crippen molar-refractivity contribution >= 4 is 21.9 Å². The van der Waals surface area contributed by atoms with Gasteiger partial charge >= 0.3 is 5.97 Å². The van der Waals surface area contributed by atoms with E-state index >= 15 is 0 Å². The number of hydrogen-bond acceptors (Lipinski definition) is 3. The summed E-state index contributed by atoms with van der Waals surface area (Å²) in [4.78, 5) is 10.8. The Morgan fingerprint density at radius 2 is 1.95 bits per heavy atom. The maximum Gasteiger partial charge on any atom is 0.335 e. The van der Waals surface area contributed by atoms with Gasteiger partial charge in [0.1, 0.15) is 17.6 Å². The normalized spacial score (nSPS) is 9.68. The van der Waals surface area contributed by atoms with Crippen molar-refractivity contribution in [2.45, 2.75) is 0 Å². The molecule has 2 aromatic rings. The molecule has 0 saturated carbocycles. The van der Waals surface area contributed by atoms with E-state index in [1.807, 2.05) is 6.07 Å². The average molecular weight is 318 g/mol. The summed E-state index contributed by atoms with van der Waals surface area (Å²) in [6, 6.07) is 13.3. The lowest BCUT2D eigenvalue weighted by atomic mass is 10.2. The van der Waals surface area contributed by atoms with Gasteiger partial charge in [-0.1, -0.05) is 12.1 Å². The zero-order chi connectivity index (χ0) is 13.8. The first-order valence-corrected chi connectivity index (χ1v) is 6.11. The van der Waals surface area contributed by atoms with Crippen molar-refractivity contribution in [1.29, 1.82) is 5.26 Å². The molecule has 0 aromatic heterocycles. The van der Waals surface area contributed by atoms with Gasteiger partial charge in [0.05, 0.1) is 15.6 Å². The predicted octanol–water partition coefficient (Wildman–Crippen LogP) is 3.81. The minimum atomic E-state index is -1.01. The molecule has 1 N–H and O–H groups in total. The Morgan fingerprint density at radius 1 is 1.21 bits per heavy atom. The first-order valence-electron chi connectivity index (χ1n) is 5.31. The van der Waals surface area contributed by atoms with E-state index in [4.69, 9.17) is 15.1 Å². The Balaban J connectivity index is 2.34. The standard InChI is InChI=1S/C14H8BrNO3/c15-11-7-9(14(17)18)5-6-13(11)19-12-4-2-1-3-10(12)8-16/h1-7H,(H,17,18). The van der Waals surface area contributed by atoms with Gasteiger partial charge in [-0.3, -0.25) is 0 Å². The van der Waals surface area contributed by atoms with Crippen LogP contribution in [0.15, 0.2) is 46.9 Å². The zero-order valence-electron chi connectivity index (χ0n) is 9.63. The number of nitriles is 1. The van der Waals surface area contributed by atoms with Crippen molar-refractivity contribution in [2.24, 2.45) is 0 Å². The van der Waals surface area contributed by atoms with Crippen LogP contribution in [-0.2, 0) is 0 Å². The molecule has 0 spiro atoms. The molecule has 0 amide bonds. The Morgan fingerprint density at radius 3 is 2.58 bits per heavy atom. The molecule has 0 bridgehead atoms. The second-order valence-electron chi connectivity index (χ2n) is 3.66. The van der Waals surface area contributed by atoms with E-state index in [1.54, 1.807) is 30.3 Å². The molecule has 0 unspecified atom stereocenters. The van der Waals surface area contributed by atoms with Crippen LogP contribution in [0.2, 0.25) is 0 Å². The lowest BCUT2D eigenvalue weighted by molar-refractivity contribution is 0.0697. The highest BCUT2D eigenvalue weighted by atomic mass is 79.9. The zero-order valence-corrected chi connectivity index (χ0v) is 11.2. The van der Waals surface area contributed by atoms with Gasteiger partial charge in [-0.25, -0.2) is 4.79 Å². The third-order valence-electron chi connectivity index (χ3n) is 2.41. The second-order valence-corrected chi connectivity index (χ2v) is 4.51. The highest BCUT2D eigenvalue weighted by Gasteiger charge is 2.10. The van der Waals surface area contributed by atoms with Gasteiger partial charge in [0.25, 0.3) is 0 Å². The van der Waals surface area contributed by atoms with Gasteiger partial charge < -0.3 is 9.84 Å². The number of halogens is 1. The summed E-state index contributed by atoms with van der Waals surface area (Å²) in [6.07, 6.45) is 0. The van der Waals surface area contributed by atoms with E-state index in [1.165, 1.54) is 12.1 Å². The van der Waals surface area contributed by atoms with Gasteiger partial charge in [-0.15, -0.1) is 0 Å². The van der Waals surface area contributed by atoms with Crippen molar-refractivity contribution < 1.29 is 14.6 Å². The molecule has 0 atom stereocenters. The molecule has 2 aromatic carbocycles. The van der Waals surface area contributed by atoms with Crippen LogP contribution in [-0.4, -0.2) is 11.1 Å². The Hall–Kier alpha value is -2.32. The molecule has 0 aliphatic rings. The van der Waals surface area contributed by atoms with Crippen molar-refractivity contribution in [3.05, 3.63) is 58.1 Å². The second kappa shape index (κ2) is 5.55. The molecule has 0 aliphatic heterocycles. The lowest BCUT2D eigenvalue weighted by Gasteiger charge is -2.09. The molecule has 4 nitrogen and oxygen atoms in total. The Bertz CT molecular complexity index is 677. The van der Waals surface area contributed by atoms with Crippen molar-refractivity contribution in [1.82, 2.24) is 0 Å². The van der Waals surface area contributed by atoms with Gasteiger partial charge in [0, 0.05) is 0 Å². The fraction of sp³-hybridized carbons (Fsp3) is 0. The summed E-state index contributed by atoms with van der Waals surface area (Å²) in [5.74, 6) is -0.133. The molecule has 0 fully saturated rings. The quantitative estimate of drug-likeness (QED) is 0.934. The van der Waals surface area contributed by atoms with Gasteiger partial charge in [-0.2, -0.15) is 5.26 Å². The minimum Gasteiger partial charge on any atom is -0.478 e. The van der Waals surface area contributed by atoms with Crippen molar-refractivity contribution in [3.8, 4) is 17.6 Å². The van der Waals surface area contributed by atoms with Crippen LogP contribution in [0.3, 0.4) is 0 Å². The molecule has 0 saturated heterocycles. The number of carbonyl (C=O) groups is 1. The smallest absolute Gasteiger partial charge is 0.335 e. The maximum absolute atomic E-state index is 10.8. The first kappa shape index (κ1) is 13.1. The number of hydrogen-bond donors (Lipinski definition) is 1. The van der Waals surface area contributed by atoms with Gasteiger partial charge in [0.15, 0.2) is 0 Å². The summed E-state index contributed by atoms with van der Waals surface area (Å²) < 4.78 is 6.12. The van der Waals surface area contributed by atoms with Crippen LogP contribution in [0.1, 0.15) is 15.9 Å². The van der Waals surface area contributed by atoms with Crippen LogP contribution in [0, 0.1) is 11.3 Å². The number of benzene rings is 2. The van der Waals surface area contributed by atoms with Crippen LogP contribution in [0.25, 0.3) is 0 Å². The number of nitrogens with zero attached hydrogens (tertiary/aromatic N) is 1. The highest BCUT2D eigenvalue weighted by Crippen LogP contribution is 2.31. The number of carboxylic acids is 1. The fourth-order valence-corrected chi connectivity index (χ4v) is 1.94. The van der Waals surface area contributed by atoms with Crippen LogP contribution < -0.4 is 4.74 Å². The van der Waals surface area contributed by atoms with Crippen LogP contribution >= 0.6 is 15.9 Å². The average Bonchev–Trinajstić information content (AvgIpc) is 2.41. The van der Waals surface area contributed by atoms with E-state index in [9.17, 15) is 4.79 Å². The van der Waals surface area contributed by atoms with Crippen LogP contribution in [0.5, 0.6) is 11.5 Å². The summed E-state index contributed by atoms with van der Waals surface area (Å²) in [5, 5.41) is 17.8.